The maximum Gasteiger partial charge on any atom is 0.221 e. The molecule has 0 spiro atoms. The van der Waals surface area contributed by atoms with Gasteiger partial charge in [0.25, 0.3) is 0 Å². The predicted molar refractivity (Wildman–Crippen MR) is 90.9 cm³/mol. The van der Waals surface area contributed by atoms with Crippen molar-refractivity contribution < 1.29 is 9.63 Å². The van der Waals surface area contributed by atoms with Crippen molar-refractivity contribution in [1.29, 1.82) is 0 Å². The van der Waals surface area contributed by atoms with Gasteiger partial charge in [0.15, 0.2) is 0 Å². The van der Waals surface area contributed by atoms with Crippen molar-refractivity contribution in [3.63, 3.8) is 0 Å². The first-order valence-electron chi connectivity index (χ1n) is 9.69. The van der Waals surface area contributed by atoms with E-state index in [1.165, 1.54) is 51.6 Å². The van der Waals surface area contributed by atoms with Gasteiger partial charge in [-0.1, -0.05) is 19.3 Å². The number of likely N-dealkylation sites (tertiary alicyclic amines) is 1. The van der Waals surface area contributed by atoms with Gasteiger partial charge in [-0.15, -0.1) is 0 Å². The van der Waals surface area contributed by atoms with E-state index in [4.69, 9.17) is 4.84 Å². The largest absolute Gasteiger partial charge is 0.352 e. The Balaban J connectivity index is 1.34. The third-order valence-electron chi connectivity index (χ3n) is 5.53. The summed E-state index contributed by atoms with van der Waals surface area (Å²) in [5.74, 6) is 1.08. The summed E-state index contributed by atoms with van der Waals surface area (Å²) in [6, 6.07) is 0.347. The molecule has 0 aromatic carbocycles. The van der Waals surface area contributed by atoms with Crippen LogP contribution in [0.2, 0.25) is 0 Å². The maximum atomic E-state index is 12.2. The van der Waals surface area contributed by atoms with Crippen LogP contribution in [0, 0.1) is 5.92 Å². The first kappa shape index (κ1) is 17.2. The van der Waals surface area contributed by atoms with Crippen molar-refractivity contribution >= 4 is 5.91 Å². The van der Waals surface area contributed by atoms with E-state index < -0.39 is 0 Å². The molecule has 3 aliphatic rings. The van der Waals surface area contributed by atoms with Crippen LogP contribution < -0.4 is 5.32 Å². The first-order chi connectivity index (χ1) is 11.3. The molecule has 5 heteroatoms. The molecular weight excluding hydrogens is 290 g/mol. The Morgan fingerprint density at radius 1 is 1.04 bits per heavy atom. The lowest BCUT2D eigenvalue weighted by Crippen LogP contribution is -2.49. The van der Waals surface area contributed by atoms with Crippen LogP contribution in [0.15, 0.2) is 0 Å². The van der Waals surface area contributed by atoms with Crippen molar-refractivity contribution in [3.05, 3.63) is 0 Å². The molecule has 132 valence electrons. The van der Waals surface area contributed by atoms with Gasteiger partial charge in [0.1, 0.15) is 0 Å². The zero-order chi connectivity index (χ0) is 15.9. The zero-order valence-electron chi connectivity index (χ0n) is 14.5. The van der Waals surface area contributed by atoms with Gasteiger partial charge in [-0.3, -0.25) is 9.63 Å². The van der Waals surface area contributed by atoms with Crippen LogP contribution in [0.5, 0.6) is 0 Å². The van der Waals surface area contributed by atoms with Crippen LogP contribution in [0.3, 0.4) is 0 Å². The number of piperidine rings is 1. The predicted octanol–water partition coefficient (Wildman–Crippen LogP) is 2.17. The summed E-state index contributed by atoms with van der Waals surface area (Å²) >= 11 is 0. The zero-order valence-corrected chi connectivity index (χ0v) is 14.5. The van der Waals surface area contributed by atoms with E-state index in [-0.39, 0.29) is 5.91 Å². The second-order valence-corrected chi connectivity index (χ2v) is 7.54. The Bertz CT molecular complexity index is 365. The second kappa shape index (κ2) is 9.00. The lowest BCUT2D eigenvalue weighted by molar-refractivity contribution is -0.131. The van der Waals surface area contributed by atoms with Gasteiger partial charge in [0.2, 0.25) is 5.91 Å². The number of hydrogen-bond donors (Lipinski definition) is 1. The topological polar surface area (TPSA) is 44.8 Å². The molecule has 0 radical (unpaired) electrons. The number of nitrogens with zero attached hydrogens (tertiary/aromatic N) is 2. The van der Waals surface area contributed by atoms with Crippen LogP contribution in [-0.2, 0) is 9.63 Å². The minimum absolute atomic E-state index is 0.185. The van der Waals surface area contributed by atoms with E-state index in [9.17, 15) is 4.79 Å². The van der Waals surface area contributed by atoms with E-state index in [0.29, 0.717) is 12.5 Å². The van der Waals surface area contributed by atoms with Gasteiger partial charge in [0.05, 0.1) is 6.61 Å². The number of rotatable bonds is 6. The molecule has 0 aromatic rings. The molecule has 1 amide bonds. The Morgan fingerprint density at radius 3 is 2.70 bits per heavy atom. The molecule has 2 heterocycles. The van der Waals surface area contributed by atoms with E-state index in [2.05, 4.69) is 10.2 Å². The smallest absolute Gasteiger partial charge is 0.221 e. The number of hydrogen-bond acceptors (Lipinski definition) is 4. The fraction of sp³-hybridized carbons (Fsp3) is 0.944. The average molecular weight is 323 g/mol. The third kappa shape index (κ3) is 5.73. The fourth-order valence-corrected chi connectivity index (χ4v) is 4.28. The lowest BCUT2D eigenvalue weighted by Gasteiger charge is -2.36. The van der Waals surface area contributed by atoms with Gasteiger partial charge in [-0.2, -0.15) is 5.06 Å². The van der Waals surface area contributed by atoms with E-state index in [1.54, 1.807) is 0 Å². The highest BCUT2D eigenvalue weighted by molar-refractivity contribution is 5.76. The summed E-state index contributed by atoms with van der Waals surface area (Å²) in [5, 5.41) is 5.17. The van der Waals surface area contributed by atoms with Crippen molar-refractivity contribution in [3.8, 4) is 0 Å². The van der Waals surface area contributed by atoms with Gasteiger partial charge in [0, 0.05) is 38.6 Å². The van der Waals surface area contributed by atoms with E-state index in [1.807, 2.05) is 5.06 Å². The standard InChI is InChI=1S/C18H33N3O2/c22-18(9-12-21-11-5-13-23-21)19-17-8-4-10-20(15-17)14-16-6-2-1-3-7-16/h16-17H,1-15H2,(H,19,22)/t17-/m1/s1. The van der Waals surface area contributed by atoms with E-state index >= 15 is 0 Å². The highest BCUT2D eigenvalue weighted by Crippen LogP contribution is 2.25. The third-order valence-corrected chi connectivity index (χ3v) is 5.53. The van der Waals surface area contributed by atoms with Crippen LogP contribution in [0.1, 0.15) is 57.8 Å². The SMILES string of the molecule is O=C(CCN1CCCO1)N[C@@H]1CCCN(CC2CCCCC2)C1. The molecule has 1 atom stereocenters. The number of hydroxylamine groups is 2. The van der Waals surface area contributed by atoms with E-state index in [0.717, 1.165) is 45.0 Å². The number of carbonyl (C=O) groups excluding carboxylic acids is 1. The van der Waals surface area contributed by atoms with Crippen molar-refractivity contribution in [1.82, 2.24) is 15.3 Å². The summed E-state index contributed by atoms with van der Waals surface area (Å²) in [6.45, 7) is 6.00. The molecule has 3 fully saturated rings. The van der Waals surface area contributed by atoms with Crippen molar-refractivity contribution in [2.75, 3.05) is 39.3 Å². The minimum atomic E-state index is 0.185. The number of nitrogens with one attached hydrogen (secondary N) is 1. The van der Waals surface area contributed by atoms with Crippen molar-refractivity contribution in [2.45, 2.75) is 63.8 Å². The summed E-state index contributed by atoms with van der Waals surface area (Å²) < 4.78 is 0. The monoisotopic (exact) mass is 323 g/mol. The molecule has 1 saturated carbocycles. The Morgan fingerprint density at radius 2 is 1.91 bits per heavy atom. The summed E-state index contributed by atoms with van der Waals surface area (Å²) in [5.41, 5.74) is 0. The Labute approximate surface area is 140 Å². The number of amides is 1. The Kier molecular flexibility index (Phi) is 6.72. The van der Waals surface area contributed by atoms with Gasteiger partial charge in [-0.05, 0) is 44.6 Å². The highest BCUT2D eigenvalue weighted by Gasteiger charge is 2.24. The molecule has 2 aliphatic heterocycles. The first-order valence-corrected chi connectivity index (χ1v) is 9.69. The second-order valence-electron chi connectivity index (χ2n) is 7.54. The lowest BCUT2D eigenvalue weighted by atomic mass is 9.88. The molecule has 1 N–H and O–H groups in total. The molecule has 0 bridgehead atoms. The molecule has 5 nitrogen and oxygen atoms in total. The quantitative estimate of drug-likeness (QED) is 0.814. The molecule has 0 unspecified atom stereocenters. The Hall–Kier alpha value is -0.650. The number of carbonyl (C=O) groups is 1. The van der Waals surface area contributed by atoms with Crippen LogP contribution >= 0.6 is 0 Å². The summed E-state index contributed by atoms with van der Waals surface area (Å²) in [7, 11) is 0. The average Bonchev–Trinajstić information content (AvgIpc) is 3.08. The fourth-order valence-electron chi connectivity index (χ4n) is 4.28. The summed E-state index contributed by atoms with van der Waals surface area (Å²) in [6.07, 6.45) is 11.1. The van der Waals surface area contributed by atoms with Gasteiger partial charge < -0.3 is 10.2 Å². The molecule has 1 aliphatic carbocycles. The molecule has 2 saturated heterocycles. The van der Waals surface area contributed by atoms with Gasteiger partial charge >= 0.3 is 0 Å². The molecule has 23 heavy (non-hydrogen) atoms. The minimum Gasteiger partial charge on any atom is -0.352 e. The van der Waals surface area contributed by atoms with Crippen LogP contribution in [0.25, 0.3) is 0 Å². The highest BCUT2D eigenvalue weighted by atomic mass is 16.7. The van der Waals surface area contributed by atoms with Crippen LogP contribution in [-0.4, -0.2) is 61.2 Å². The maximum absolute atomic E-state index is 12.2. The molecule has 3 rings (SSSR count). The van der Waals surface area contributed by atoms with Crippen molar-refractivity contribution in [2.24, 2.45) is 5.92 Å². The van der Waals surface area contributed by atoms with Crippen LogP contribution in [0.4, 0.5) is 0 Å². The summed E-state index contributed by atoms with van der Waals surface area (Å²) in [4.78, 5) is 20.2. The molecular formula is C18H33N3O2. The van der Waals surface area contributed by atoms with Gasteiger partial charge in [-0.25, -0.2) is 0 Å². The normalized spacial score (nSPS) is 28.1. The molecule has 0 aromatic heterocycles.